The van der Waals surface area contributed by atoms with Crippen LogP contribution in [0, 0.1) is 11.3 Å². The van der Waals surface area contributed by atoms with Gasteiger partial charge in [0.15, 0.2) is 0 Å². The van der Waals surface area contributed by atoms with Crippen molar-refractivity contribution >= 4 is 11.9 Å². The van der Waals surface area contributed by atoms with E-state index >= 15 is 0 Å². The van der Waals surface area contributed by atoms with Crippen molar-refractivity contribution < 1.29 is 19.4 Å². The van der Waals surface area contributed by atoms with Gasteiger partial charge < -0.3 is 15.2 Å². The predicted octanol–water partition coefficient (Wildman–Crippen LogP) is 1.81. The van der Waals surface area contributed by atoms with E-state index in [1.807, 2.05) is 27.7 Å². The molecule has 3 unspecified atom stereocenters. The lowest BCUT2D eigenvalue weighted by Gasteiger charge is -2.26. The number of ether oxygens (including phenoxy) is 1. The highest BCUT2D eigenvalue weighted by Gasteiger charge is 2.31. The van der Waals surface area contributed by atoms with Crippen molar-refractivity contribution in [1.29, 1.82) is 0 Å². The Morgan fingerprint density at radius 3 is 2.47 bits per heavy atom. The fourth-order valence-corrected chi connectivity index (χ4v) is 2.44. The molecule has 1 amide bonds. The molecule has 19 heavy (non-hydrogen) atoms. The van der Waals surface area contributed by atoms with E-state index in [1.165, 1.54) is 0 Å². The second kappa shape index (κ2) is 6.37. The summed E-state index contributed by atoms with van der Waals surface area (Å²) in [6.45, 7) is 8.48. The molecular weight excluding hydrogens is 246 g/mol. The van der Waals surface area contributed by atoms with Gasteiger partial charge in [0, 0.05) is 6.04 Å². The zero-order valence-corrected chi connectivity index (χ0v) is 12.2. The number of carboxylic acids is 1. The van der Waals surface area contributed by atoms with Crippen LogP contribution < -0.4 is 5.32 Å². The summed E-state index contributed by atoms with van der Waals surface area (Å²) in [4.78, 5) is 23.0. The number of aliphatic carboxylic acids is 1. The molecule has 5 heteroatoms. The molecule has 0 spiro atoms. The fraction of sp³-hybridized carbons (Fsp3) is 0.857. The highest BCUT2D eigenvalue weighted by molar-refractivity contribution is 5.80. The standard InChI is InChI=1S/C14H25NO4/c1-9-5-10(8-19-9)13(18)15-11(6-12(16)17)7-14(2,3)4/h9-11H,5-8H2,1-4H3,(H,15,18)(H,16,17). The van der Waals surface area contributed by atoms with E-state index in [-0.39, 0.29) is 35.8 Å². The molecule has 0 aromatic heterocycles. The summed E-state index contributed by atoms with van der Waals surface area (Å²) in [5.41, 5.74) is -0.0210. The molecule has 0 aromatic rings. The van der Waals surface area contributed by atoms with Crippen LogP contribution in [0.3, 0.4) is 0 Å². The Kier molecular flexibility index (Phi) is 5.35. The van der Waals surface area contributed by atoms with Gasteiger partial charge in [-0.05, 0) is 25.2 Å². The van der Waals surface area contributed by atoms with Crippen LogP contribution in [0.4, 0.5) is 0 Å². The Labute approximate surface area is 114 Å². The van der Waals surface area contributed by atoms with E-state index in [0.717, 1.165) is 0 Å². The van der Waals surface area contributed by atoms with Crippen molar-refractivity contribution in [1.82, 2.24) is 5.32 Å². The Morgan fingerprint density at radius 2 is 2.05 bits per heavy atom. The topological polar surface area (TPSA) is 75.6 Å². The van der Waals surface area contributed by atoms with Crippen LogP contribution in [0.15, 0.2) is 0 Å². The summed E-state index contributed by atoms with van der Waals surface area (Å²) in [6.07, 6.45) is 1.43. The minimum atomic E-state index is -0.884. The molecule has 3 atom stereocenters. The average molecular weight is 271 g/mol. The van der Waals surface area contributed by atoms with Gasteiger partial charge >= 0.3 is 5.97 Å². The van der Waals surface area contributed by atoms with Crippen molar-refractivity contribution in [3.63, 3.8) is 0 Å². The smallest absolute Gasteiger partial charge is 0.305 e. The molecule has 110 valence electrons. The molecule has 1 fully saturated rings. The van der Waals surface area contributed by atoms with Gasteiger partial charge in [-0.1, -0.05) is 20.8 Å². The predicted molar refractivity (Wildman–Crippen MR) is 71.8 cm³/mol. The molecule has 1 saturated heterocycles. The third-order valence-electron chi connectivity index (χ3n) is 3.20. The summed E-state index contributed by atoms with van der Waals surface area (Å²) in [7, 11) is 0. The first-order chi connectivity index (χ1) is 8.67. The number of hydrogen-bond acceptors (Lipinski definition) is 3. The molecule has 0 saturated carbocycles. The molecule has 0 radical (unpaired) electrons. The van der Waals surface area contributed by atoms with Gasteiger partial charge in [0.2, 0.25) is 5.91 Å². The van der Waals surface area contributed by atoms with E-state index in [0.29, 0.717) is 19.4 Å². The lowest BCUT2D eigenvalue weighted by Crippen LogP contribution is -2.42. The van der Waals surface area contributed by atoms with E-state index in [2.05, 4.69) is 5.32 Å². The Hall–Kier alpha value is -1.10. The highest BCUT2D eigenvalue weighted by Crippen LogP contribution is 2.24. The maximum Gasteiger partial charge on any atom is 0.305 e. The monoisotopic (exact) mass is 271 g/mol. The van der Waals surface area contributed by atoms with Gasteiger partial charge in [0.1, 0.15) is 0 Å². The van der Waals surface area contributed by atoms with Crippen molar-refractivity contribution in [2.75, 3.05) is 6.61 Å². The highest BCUT2D eigenvalue weighted by atomic mass is 16.5. The van der Waals surface area contributed by atoms with Crippen molar-refractivity contribution in [3.8, 4) is 0 Å². The van der Waals surface area contributed by atoms with Crippen LogP contribution in [-0.4, -0.2) is 35.7 Å². The van der Waals surface area contributed by atoms with Crippen LogP contribution in [0.2, 0.25) is 0 Å². The van der Waals surface area contributed by atoms with Gasteiger partial charge in [-0.2, -0.15) is 0 Å². The summed E-state index contributed by atoms with van der Waals surface area (Å²) < 4.78 is 5.37. The molecule has 1 heterocycles. The minimum absolute atomic E-state index is 0.0210. The minimum Gasteiger partial charge on any atom is -0.481 e. The lowest BCUT2D eigenvalue weighted by atomic mass is 9.86. The average Bonchev–Trinajstić information content (AvgIpc) is 2.60. The van der Waals surface area contributed by atoms with Crippen LogP contribution in [-0.2, 0) is 14.3 Å². The van der Waals surface area contributed by atoms with Crippen LogP contribution in [0.25, 0.3) is 0 Å². The normalized spacial score (nSPS) is 25.1. The third-order valence-corrected chi connectivity index (χ3v) is 3.20. The molecule has 2 N–H and O–H groups in total. The summed E-state index contributed by atoms with van der Waals surface area (Å²) in [6, 6.07) is -0.319. The summed E-state index contributed by atoms with van der Waals surface area (Å²) >= 11 is 0. The second-order valence-electron chi connectivity index (χ2n) is 6.64. The van der Waals surface area contributed by atoms with Gasteiger partial charge in [0.05, 0.1) is 25.0 Å². The zero-order valence-electron chi connectivity index (χ0n) is 12.2. The number of rotatable bonds is 5. The number of carbonyl (C=O) groups excluding carboxylic acids is 1. The molecule has 0 bridgehead atoms. The van der Waals surface area contributed by atoms with Crippen LogP contribution in [0.5, 0.6) is 0 Å². The second-order valence-corrected chi connectivity index (χ2v) is 6.64. The van der Waals surface area contributed by atoms with E-state index < -0.39 is 5.97 Å². The Balaban J connectivity index is 2.56. The lowest BCUT2D eigenvalue weighted by molar-refractivity contribution is -0.138. The van der Waals surface area contributed by atoms with Crippen LogP contribution in [0.1, 0.15) is 47.0 Å². The van der Waals surface area contributed by atoms with Crippen molar-refractivity contribution in [2.45, 2.75) is 59.1 Å². The van der Waals surface area contributed by atoms with E-state index in [9.17, 15) is 9.59 Å². The number of nitrogens with one attached hydrogen (secondary N) is 1. The van der Waals surface area contributed by atoms with Gasteiger partial charge in [-0.25, -0.2) is 0 Å². The molecule has 5 nitrogen and oxygen atoms in total. The first-order valence-electron chi connectivity index (χ1n) is 6.81. The largest absolute Gasteiger partial charge is 0.481 e. The first kappa shape index (κ1) is 16.0. The maximum absolute atomic E-state index is 12.1. The first-order valence-corrected chi connectivity index (χ1v) is 6.81. The van der Waals surface area contributed by atoms with Crippen molar-refractivity contribution in [3.05, 3.63) is 0 Å². The van der Waals surface area contributed by atoms with Crippen LogP contribution >= 0.6 is 0 Å². The molecule has 0 aliphatic carbocycles. The molecule has 1 aliphatic heterocycles. The SMILES string of the molecule is CC1CC(C(=O)NC(CC(=O)O)CC(C)(C)C)CO1. The number of hydrogen-bond donors (Lipinski definition) is 2. The Bertz CT molecular complexity index is 335. The molecule has 1 aliphatic rings. The van der Waals surface area contributed by atoms with Gasteiger partial charge in [-0.3, -0.25) is 9.59 Å². The summed E-state index contributed by atoms with van der Waals surface area (Å²) in [5, 5.41) is 11.8. The molecule has 1 rings (SSSR count). The van der Waals surface area contributed by atoms with Gasteiger partial charge in [-0.15, -0.1) is 0 Å². The maximum atomic E-state index is 12.1. The fourth-order valence-electron chi connectivity index (χ4n) is 2.44. The van der Waals surface area contributed by atoms with Gasteiger partial charge in [0.25, 0.3) is 0 Å². The number of carbonyl (C=O) groups is 2. The third kappa shape index (κ3) is 6.05. The number of carboxylic acid groups (broad SMARTS) is 1. The Morgan fingerprint density at radius 1 is 1.42 bits per heavy atom. The zero-order chi connectivity index (χ0) is 14.6. The summed E-state index contributed by atoms with van der Waals surface area (Å²) in [5.74, 6) is -1.11. The van der Waals surface area contributed by atoms with E-state index in [1.54, 1.807) is 0 Å². The van der Waals surface area contributed by atoms with Crippen molar-refractivity contribution in [2.24, 2.45) is 11.3 Å². The molecule has 0 aromatic carbocycles. The number of amides is 1. The quantitative estimate of drug-likeness (QED) is 0.799. The van der Waals surface area contributed by atoms with E-state index in [4.69, 9.17) is 9.84 Å². The molecular formula is C14H25NO4.